The zero-order valence-corrected chi connectivity index (χ0v) is 29.6. The molecule has 0 amide bonds. The third-order valence-electron chi connectivity index (χ3n) is 10.0. The molecule has 1 aliphatic heterocycles. The number of benzene rings is 5. The first kappa shape index (κ1) is 32.4. The zero-order chi connectivity index (χ0) is 35.7. The quantitative estimate of drug-likeness (QED) is 0.163. The van der Waals surface area contributed by atoms with E-state index in [-0.39, 0.29) is 12.3 Å². The summed E-state index contributed by atoms with van der Waals surface area (Å²) in [4.78, 5) is 19.4. The van der Waals surface area contributed by atoms with Gasteiger partial charge in [0.05, 0.1) is 16.7 Å². The summed E-state index contributed by atoms with van der Waals surface area (Å²) < 4.78 is 0. The molecule has 8 aromatic rings. The van der Waals surface area contributed by atoms with Gasteiger partial charge in [-0.15, -0.1) is 0 Å². The molecule has 5 aromatic carbocycles. The third kappa shape index (κ3) is 6.45. The molecule has 0 bridgehead atoms. The summed E-state index contributed by atoms with van der Waals surface area (Å²) in [7, 11) is 0. The number of hydrogen-bond donors (Lipinski definition) is 2. The zero-order valence-electron chi connectivity index (χ0n) is 29.6. The summed E-state index contributed by atoms with van der Waals surface area (Å²) in [6.07, 6.45) is 5.09. The predicted molar refractivity (Wildman–Crippen MR) is 216 cm³/mol. The van der Waals surface area contributed by atoms with Crippen LogP contribution in [-0.2, 0) is 0 Å². The largest absolute Gasteiger partial charge is 0.350 e. The van der Waals surface area contributed by atoms with Gasteiger partial charge in [0.2, 0.25) is 0 Å². The minimum absolute atomic E-state index is 0.126. The molecule has 0 saturated heterocycles. The number of hydrogen-bond acceptors (Lipinski definition) is 6. The standard InChI is InChI=1S/C47H38N6/c1-30(2)35-15-9-16-36(25-35)38-26-37(31-18-20-32(21-19-31)43-40-22-24-48-29-41(40)44-42(50-43)17-10-23-49-44)27-39(28-38)47-52-45(33-11-5-3-6-12-33)51-46(53-47)34-13-7-4-8-14-34/h3-30,45,47,52H,1-2H3,(H,51,53). The molecule has 2 atom stereocenters. The summed E-state index contributed by atoms with van der Waals surface area (Å²) in [5.41, 5.74) is 12.9. The Kier molecular flexibility index (Phi) is 8.50. The van der Waals surface area contributed by atoms with Crippen molar-refractivity contribution in [1.82, 2.24) is 25.6 Å². The van der Waals surface area contributed by atoms with Gasteiger partial charge in [-0.25, -0.2) is 9.98 Å². The first-order valence-corrected chi connectivity index (χ1v) is 18.1. The number of amidine groups is 1. The summed E-state index contributed by atoms with van der Waals surface area (Å²) >= 11 is 0. The highest BCUT2D eigenvalue weighted by molar-refractivity contribution is 6.08. The van der Waals surface area contributed by atoms with E-state index in [0.717, 1.165) is 72.3 Å². The van der Waals surface area contributed by atoms with E-state index in [4.69, 9.17) is 9.98 Å². The van der Waals surface area contributed by atoms with Crippen molar-refractivity contribution in [1.29, 1.82) is 0 Å². The molecule has 0 radical (unpaired) electrons. The van der Waals surface area contributed by atoms with Gasteiger partial charge in [-0.2, -0.15) is 0 Å². The molecular weight excluding hydrogens is 649 g/mol. The Labute approximate surface area is 309 Å². The highest BCUT2D eigenvalue weighted by atomic mass is 15.3. The summed E-state index contributed by atoms with van der Waals surface area (Å²) in [6.45, 7) is 4.48. The Morgan fingerprint density at radius 2 is 1.30 bits per heavy atom. The number of aliphatic imine (C=N–C) groups is 1. The van der Waals surface area contributed by atoms with E-state index in [0.29, 0.717) is 5.92 Å². The Bertz CT molecular complexity index is 2600. The van der Waals surface area contributed by atoms with Crippen molar-refractivity contribution < 1.29 is 0 Å². The molecule has 53 heavy (non-hydrogen) atoms. The molecule has 6 heteroatoms. The van der Waals surface area contributed by atoms with E-state index in [1.165, 1.54) is 11.1 Å². The molecule has 0 aliphatic carbocycles. The van der Waals surface area contributed by atoms with E-state index < -0.39 is 0 Å². The lowest BCUT2D eigenvalue weighted by molar-refractivity contribution is 0.409. The van der Waals surface area contributed by atoms with E-state index in [1.54, 1.807) is 6.20 Å². The van der Waals surface area contributed by atoms with Crippen LogP contribution in [0.15, 0.2) is 169 Å². The Balaban J connectivity index is 1.17. The van der Waals surface area contributed by atoms with Crippen molar-refractivity contribution in [2.24, 2.45) is 4.99 Å². The van der Waals surface area contributed by atoms with E-state index in [9.17, 15) is 0 Å². The average molecular weight is 687 g/mol. The van der Waals surface area contributed by atoms with Crippen molar-refractivity contribution in [2.45, 2.75) is 32.1 Å². The van der Waals surface area contributed by atoms with Crippen molar-refractivity contribution >= 4 is 27.6 Å². The highest BCUT2D eigenvalue weighted by Crippen LogP contribution is 2.36. The topological polar surface area (TPSA) is 75.1 Å². The lowest BCUT2D eigenvalue weighted by Crippen LogP contribution is -2.44. The number of nitrogens with one attached hydrogen (secondary N) is 2. The molecule has 3 aromatic heterocycles. The SMILES string of the molecule is CC(C)c1cccc(-c2cc(-c3ccc(-c4nc5cccnc5c5cnccc45)cc3)cc(C3N=C(c4ccccc4)NC(c4ccccc4)N3)c2)c1. The van der Waals surface area contributed by atoms with Crippen LogP contribution in [0.5, 0.6) is 0 Å². The van der Waals surface area contributed by atoms with Crippen LogP contribution >= 0.6 is 0 Å². The molecule has 4 heterocycles. The van der Waals surface area contributed by atoms with Crippen LogP contribution < -0.4 is 10.6 Å². The van der Waals surface area contributed by atoms with Crippen molar-refractivity contribution in [3.8, 4) is 33.5 Å². The van der Waals surface area contributed by atoms with Gasteiger partial charge in [0, 0.05) is 40.5 Å². The van der Waals surface area contributed by atoms with Gasteiger partial charge in [0.1, 0.15) is 18.2 Å². The van der Waals surface area contributed by atoms with Gasteiger partial charge in [-0.3, -0.25) is 15.3 Å². The van der Waals surface area contributed by atoms with Crippen LogP contribution in [0.25, 0.3) is 55.3 Å². The third-order valence-corrected chi connectivity index (χ3v) is 10.0. The molecule has 9 rings (SSSR count). The smallest absolute Gasteiger partial charge is 0.131 e. The van der Waals surface area contributed by atoms with Gasteiger partial charge in [-0.1, -0.05) is 123 Å². The maximum absolute atomic E-state index is 5.30. The van der Waals surface area contributed by atoms with Crippen molar-refractivity contribution in [3.63, 3.8) is 0 Å². The fourth-order valence-corrected chi connectivity index (χ4v) is 7.22. The maximum Gasteiger partial charge on any atom is 0.131 e. The summed E-state index contributed by atoms with van der Waals surface area (Å²) in [5.74, 6) is 1.29. The Hall–Kier alpha value is -6.50. The molecule has 2 N–H and O–H groups in total. The number of rotatable bonds is 7. The Morgan fingerprint density at radius 3 is 2.09 bits per heavy atom. The number of pyridine rings is 3. The van der Waals surface area contributed by atoms with Crippen LogP contribution in [-0.4, -0.2) is 20.8 Å². The summed E-state index contributed by atoms with van der Waals surface area (Å²) in [5, 5.41) is 9.52. The van der Waals surface area contributed by atoms with E-state index in [2.05, 4.69) is 156 Å². The molecule has 0 spiro atoms. The lowest BCUT2D eigenvalue weighted by atomic mass is 9.92. The maximum atomic E-state index is 5.30. The van der Waals surface area contributed by atoms with Crippen LogP contribution in [0.4, 0.5) is 0 Å². The van der Waals surface area contributed by atoms with Crippen LogP contribution in [0, 0.1) is 0 Å². The van der Waals surface area contributed by atoms with E-state index in [1.807, 2.05) is 36.7 Å². The molecule has 0 saturated carbocycles. The average Bonchev–Trinajstić information content (AvgIpc) is 3.24. The second-order valence-electron chi connectivity index (χ2n) is 13.9. The van der Waals surface area contributed by atoms with Gasteiger partial charge < -0.3 is 5.32 Å². The van der Waals surface area contributed by atoms with Crippen LogP contribution in [0.3, 0.4) is 0 Å². The molecule has 1 aliphatic rings. The number of fused-ring (bicyclic) bond motifs is 3. The van der Waals surface area contributed by atoms with Crippen LogP contribution in [0.1, 0.15) is 54.4 Å². The Morgan fingerprint density at radius 1 is 0.566 bits per heavy atom. The van der Waals surface area contributed by atoms with Gasteiger partial charge in [0.15, 0.2) is 0 Å². The fourth-order valence-electron chi connectivity index (χ4n) is 7.22. The normalized spacial score (nSPS) is 15.7. The molecule has 2 unspecified atom stereocenters. The molecular formula is C47H38N6. The number of nitrogens with zero attached hydrogens (tertiary/aromatic N) is 4. The van der Waals surface area contributed by atoms with Crippen molar-refractivity contribution in [3.05, 3.63) is 186 Å². The monoisotopic (exact) mass is 686 g/mol. The van der Waals surface area contributed by atoms with Gasteiger partial charge in [-0.05, 0) is 81.3 Å². The molecule has 6 nitrogen and oxygen atoms in total. The van der Waals surface area contributed by atoms with Gasteiger partial charge in [0.25, 0.3) is 0 Å². The fraction of sp³-hybridized carbons (Fsp3) is 0.106. The molecule has 0 fully saturated rings. The summed E-state index contributed by atoms with van der Waals surface area (Å²) in [6, 6.07) is 51.4. The number of aromatic nitrogens is 3. The first-order chi connectivity index (χ1) is 26.1. The second kappa shape index (κ2) is 13.9. The minimum atomic E-state index is -0.293. The van der Waals surface area contributed by atoms with Gasteiger partial charge >= 0.3 is 0 Å². The molecule has 256 valence electrons. The highest BCUT2D eigenvalue weighted by Gasteiger charge is 2.26. The first-order valence-electron chi connectivity index (χ1n) is 18.1. The minimum Gasteiger partial charge on any atom is -0.350 e. The lowest BCUT2D eigenvalue weighted by Gasteiger charge is -2.32. The van der Waals surface area contributed by atoms with E-state index >= 15 is 0 Å². The van der Waals surface area contributed by atoms with Crippen molar-refractivity contribution in [2.75, 3.05) is 0 Å². The predicted octanol–water partition coefficient (Wildman–Crippen LogP) is 10.6. The van der Waals surface area contributed by atoms with Crippen LogP contribution in [0.2, 0.25) is 0 Å². The second-order valence-corrected chi connectivity index (χ2v) is 13.9.